The molecule has 0 bridgehead atoms. The number of benzene rings is 2. The number of hydrogen-bond donors (Lipinski definition) is 1. The predicted molar refractivity (Wildman–Crippen MR) is 95.0 cm³/mol. The van der Waals surface area contributed by atoms with Gasteiger partial charge in [0.1, 0.15) is 11.6 Å². The molecule has 0 spiro atoms. The summed E-state index contributed by atoms with van der Waals surface area (Å²) in [5, 5.41) is 4.78. The fourth-order valence-electron chi connectivity index (χ4n) is 2.09. The molecule has 0 unspecified atom stereocenters. The predicted octanol–water partition coefficient (Wildman–Crippen LogP) is 3.86. The van der Waals surface area contributed by atoms with Crippen LogP contribution in [0.5, 0.6) is 5.75 Å². The largest absolute Gasteiger partial charge is 0.483 e. The van der Waals surface area contributed by atoms with Crippen LogP contribution in [0, 0.1) is 3.57 Å². The maximum Gasteiger partial charge on any atom is 0.263 e. The highest BCUT2D eigenvalue weighted by Gasteiger charge is 2.06. The van der Waals surface area contributed by atoms with Crippen LogP contribution in [-0.4, -0.2) is 17.5 Å². The van der Waals surface area contributed by atoms with E-state index in [9.17, 15) is 4.79 Å². The van der Waals surface area contributed by atoms with Gasteiger partial charge < -0.3 is 10.1 Å². The van der Waals surface area contributed by atoms with E-state index >= 15 is 0 Å². The van der Waals surface area contributed by atoms with Crippen LogP contribution in [0.15, 0.2) is 60.8 Å². The number of anilines is 1. The van der Waals surface area contributed by atoms with Crippen molar-refractivity contribution in [2.24, 2.45) is 0 Å². The number of amides is 1. The summed E-state index contributed by atoms with van der Waals surface area (Å²) in [4.78, 5) is 16.1. The van der Waals surface area contributed by atoms with Crippen molar-refractivity contribution in [2.75, 3.05) is 11.9 Å². The van der Waals surface area contributed by atoms with Crippen LogP contribution in [0.1, 0.15) is 0 Å². The van der Waals surface area contributed by atoms with Gasteiger partial charge in [0.05, 0.1) is 0 Å². The molecule has 0 saturated carbocycles. The van der Waals surface area contributed by atoms with Crippen molar-refractivity contribution in [1.29, 1.82) is 0 Å². The van der Waals surface area contributed by atoms with E-state index in [0.29, 0.717) is 11.6 Å². The number of hydrogen-bond acceptors (Lipinski definition) is 3. The third-order valence-electron chi connectivity index (χ3n) is 3.10. The van der Waals surface area contributed by atoms with E-state index in [2.05, 4.69) is 32.9 Å². The van der Waals surface area contributed by atoms with Crippen molar-refractivity contribution in [2.45, 2.75) is 0 Å². The summed E-state index contributed by atoms with van der Waals surface area (Å²) >= 11 is 2.16. The van der Waals surface area contributed by atoms with Gasteiger partial charge in [-0.05, 0) is 46.2 Å². The van der Waals surface area contributed by atoms with Crippen LogP contribution < -0.4 is 10.1 Å². The number of carbonyl (C=O) groups excluding carboxylic acids is 1. The van der Waals surface area contributed by atoms with E-state index in [1.165, 1.54) is 0 Å². The minimum Gasteiger partial charge on any atom is -0.483 e. The molecule has 22 heavy (non-hydrogen) atoms. The van der Waals surface area contributed by atoms with Crippen molar-refractivity contribution in [3.63, 3.8) is 0 Å². The number of nitrogens with one attached hydrogen (secondary N) is 1. The van der Waals surface area contributed by atoms with Crippen LogP contribution in [0.25, 0.3) is 10.8 Å². The molecule has 0 atom stereocenters. The summed E-state index contributed by atoms with van der Waals surface area (Å²) < 4.78 is 6.65. The summed E-state index contributed by atoms with van der Waals surface area (Å²) in [6.45, 7) is -0.0539. The smallest absolute Gasteiger partial charge is 0.263 e. The van der Waals surface area contributed by atoms with Gasteiger partial charge in [0, 0.05) is 15.2 Å². The van der Waals surface area contributed by atoms with E-state index < -0.39 is 0 Å². The number of ether oxygens (including phenoxy) is 1. The Hall–Kier alpha value is -2.15. The normalized spacial score (nSPS) is 10.4. The summed E-state index contributed by atoms with van der Waals surface area (Å²) in [6.07, 6.45) is 1.70. The Morgan fingerprint density at radius 2 is 1.91 bits per heavy atom. The number of aromatic nitrogens is 1. The molecule has 1 aromatic heterocycles. The van der Waals surface area contributed by atoms with Crippen molar-refractivity contribution in [3.05, 3.63) is 64.4 Å². The fourth-order valence-corrected chi connectivity index (χ4v) is 2.41. The maximum atomic E-state index is 11.9. The topological polar surface area (TPSA) is 51.2 Å². The molecule has 5 heteroatoms. The van der Waals surface area contributed by atoms with Crippen LogP contribution in [-0.2, 0) is 4.79 Å². The van der Waals surface area contributed by atoms with E-state index in [0.717, 1.165) is 14.3 Å². The Kier molecular flexibility index (Phi) is 4.53. The van der Waals surface area contributed by atoms with Crippen LogP contribution in [0.4, 0.5) is 5.82 Å². The van der Waals surface area contributed by atoms with Gasteiger partial charge in [-0.3, -0.25) is 4.79 Å². The monoisotopic (exact) mass is 404 g/mol. The molecule has 1 heterocycles. The molecule has 0 aliphatic rings. The third-order valence-corrected chi connectivity index (χ3v) is 3.74. The molecule has 1 amide bonds. The van der Waals surface area contributed by atoms with E-state index in [-0.39, 0.29) is 12.5 Å². The molecule has 1 N–H and O–H groups in total. The van der Waals surface area contributed by atoms with Gasteiger partial charge in [0.25, 0.3) is 5.91 Å². The van der Waals surface area contributed by atoms with Crippen molar-refractivity contribution in [3.8, 4) is 5.75 Å². The van der Waals surface area contributed by atoms with Crippen LogP contribution >= 0.6 is 22.6 Å². The second kappa shape index (κ2) is 6.74. The average Bonchev–Trinajstić information content (AvgIpc) is 2.55. The first kappa shape index (κ1) is 14.8. The highest BCUT2D eigenvalue weighted by molar-refractivity contribution is 14.1. The molecule has 0 aliphatic heterocycles. The molecule has 0 radical (unpaired) electrons. The summed E-state index contributed by atoms with van der Waals surface area (Å²) in [5.41, 5.74) is 0. The Morgan fingerprint density at radius 3 is 2.73 bits per heavy atom. The Labute approximate surface area is 141 Å². The maximum absolute atomic E-state index is 11.9. The lowest BCUT2D eigenvalue weighted by Gasteiger charge is -2.09. The zero-order valence-corrected chi connectivity index (χ0v) is 13.8. The zero-order valence-electron chi connectivity index (χ0n) is 11.6. The SMILES string of the molecule is O=C(COc1cccc2ccccc12)Nc1ccc(I)cn1. The van der Waals surface area contributed by atoms with Crippen molar-refractivity contribution in [1.82, 2.24) is 4.98 Å². The van der Waals surface area contributed by atoms with Gasteiger partial charge in [-0.15, -0.1) is 0 Å². The Bertz CT molecular complexity index is 798. The number of pyridine rings is 1. The number of nitrogens with zero attached hydrogens (tertiary/aromatic N) is 1. The quantitative estimate of drug-likeness (QED) is 0.673. The second-order valence-electron chi connectivity index (χ2n) is 4.68. The highest BCUT2D eigenvalue weighted by atomic mass is 127. The molecule has 4 nitrogen and oxygen atoms in total. The molecule has 3 rings (SSSR count). The molecule has 0 aliphatic carbocycles. The lowest BCUT2D eigenvalue weighted by atomic mass is 10.1. The Balaban J connectivity index is 1.66. The molecular formula is C17H13IN2O2. The van der Waals surface area contributed by atoms with Gasteiger partial charge >= 0.3 is 0 Å². The molecule has 0 saturated heterocycles. The minimum atomic E-state index is -0.235. The number of carbonyl (C=O) groups is 1. The summed E-state index contributed by atoms with van der Waals surface area (Å²) in [6, 6.07) is 17.3. The van der Waals surface area contributed by atoms with E-state index in [1.54, 1.807) is 12.3 Å². The standard InChI is InChI=1S/C17H13IN2O2/c18-13-8-9-16(19-10-13)20-17(21)11-22-15-7-3-5-12-4-1-2-6-14(12)15/h1-10H,11H2,(H,19,20,21). The fraction of sp³-hybridized carbons (Fsp3) is 0.0588. The van der Waals surface area contributed by atoms with Crippen LogP contribution in [0.2, 0.25) is 0 Å². The number of rotatable bonds is 4. The molecule has 0 fully saturated rings. The number of halogens is 1. The van der Waals surface area contributed by atoms with Gasteiger partial charge in [0.15, 0.2) is 6.61 Å². The first-order valence-corrected chi connectivity index (χ1v) is 7.82. The first-order chi connectivity index (χ1) is 10.7. The van der Waals surface area contributed by atoms with Gasteiger partial charge in [-0.2, -0.15) is 0 Å². The lowest BCUT2D eigenvalue weighted by molar-refractivity contribution is -0.118. The average molecular weight is 404 g/mol. The second-order valence-corrected chi connectivity index (χ2v) is 5.92. The molecule has 110 valence electrons. The molecule has 2 aromatic carbocycles. The molecular weight excluding hydrogens is 391 g/mol. The third kappa shape index (κ3) is 3.54. The minimum absolute atomic E-state index is 0.0539. The van der Waals surface area contributed by atoms with E-state index in [4.69, 9.17) is 4.74 Å². The number of fused-ring (bicyclic) bond motifs is 1. The highest BCUT2D eigenvalue weighted by Crippen LogP contribution is 2.25. The Morgan fingerprint density at radius 1 is 1.09 bits per heavy atom. The van der Waals surface area contributed by atoms with Gasteiger partial charge in [0.2, 0.25) is 0 Å². The lowest BCUT2D eigenvalue weighted by Crippen LogP contribution is -2.20. The zero-order chi connectivity index (χ0) is 15.4. The van der Waals surface area contributed by atoms with Crippen molar-refractivity contribution >= 4 is 45.1 Å². The summed E-state index contributed by atoms with van der Waals surface area (Å²) in [5.74, 6) is 0.984. The van der Waals surface area contributed by atoms with Crippen molar-refractivity contribution < 1.29 is 9.53 Å². The van der Waals surface area contributed by atoms with Crippen LogP contribution in [0.3, 0.4) is 0 Å². The molecule has 3 aromatic rings. The van der Waals surface area contributed by atoms with E-state index in [1.807, 2.05) is 48.5 Å². The first-order valence-electron chi connectivity index (χ1n) is 6.74. The van der Waals surface area contributed by atoms with Gasteiger partial charge in [-0.25, -0.2) is 4.98 Å². The van der Waals surface area contributed by atoms with Gasteiger partial charge in [-0.1, -0.05) is 36.4 Å². The summed E-state index contributed by atoms with van der Waals surface area (Å²) in [7, 11) is 0.